The van der Waals surface area contributed by atoms with Gasteiger partial charge in [0.2, 0.25) is 0 Å². The van der Waals surface area contributed by atoms with E-state index in [2.05, 4.69) is 24.1 Å². The van der Waals surface area contributed by atoms with Crippen molar-refractivity contribution >= 4 is 11.6 Å². The molecule has 26 heavy (non-hydrogen) atoms. The SMILES string of the molecule is CCN(CC)CCCNCc1ccccc1OCc1c(F)cccc1Cl. The van der Waals surface area contributed by atoms with E-state index in [1.807, 2.05) is 24.3 Å². The minimum absolute atomic E-state index is 0.116. The predicted molar refractivity (Wildman–Crippen MR) is 106 cm³/mol. The van der Waals surface area contributed by atoms with Crippen molar-refractivity contribution in [2.24, 2.45) is 0 Å². The van der Waals surface area contributed by atoms with Crippen LogP contribution in [0.3, 0.4) is 0 Å². The lowest BCUT2D eigenvalue weighted by molar-refractivity contribution is 0.293. The summed E-state index contributed by atoms with van der Waals surface area (Å²) in [4.78, 5) is 2.41. The molecule has 2 aromatic rings. The third-order valence-corrected chi connectivity index (χ3v) is 4.80. The number of nitrogens with zero attached hydrogens (tertiary/aromatic N) is 1. The van der Waals surface area contributed by atoms with Gasteiger partial charge in [0, 0.05) is 17.7 Å². The van der Waals surface area contributed by atoms with Gasteiger partial charge in [-0.1, -0.05) is 49.7 Å². The maximum Gasteiger partial charge on any atom is 0.131 e. The molecule has 3 nitrogen and oxygen atoms in total. The summed E-state index contributed by atoms with van der Waals surface area (Å²) >= 11 is 6.07. The molecule has 0 bridgehead atoms. The Labute approximate surface area is 161 Å². The minimum Gasteiger partial charge on any atom is -0.488 e. The Balaban J connectivity index is 1.85. The molecule has 2 rings (SSSR count). The van der Waals surface area contributed by atoms with Gasteiger partial charge in [0.1, 0.15) is 18.2 Å². The van der Waals surface area contributed by atoms with Crippen molar-refractivity contribution < 1.29 is 9.13 Å². The summed E-state index contributed by atoms with van der Waals surface area (Å²) in [6.07, 6.45) is 1.11. The average Bonchev–Trinajstić information content (AvgIpc) is 2.65. The van der Waals surface area contributed by atoms with Crippen LogP contribution in [0.5, 0.6) is 5.75 Å². The number of para-hydroxylation sites is 1. The van der Waals surface area contributed by atoms with E-state index >= 15 is 0 Å². The van der Waals surface area contributed by atoms with E-state index in [0.29, 0.717) is 10.6 Å². The zero-order valence-corrected chi connectivity index (χ0v) is 16.4. The van der Waals surface area contributed by atoms with Crippen LogP contribution in [0.25, 0.3) is 0 Å². The Morgan fingerprint density at radius 2 is 1.85 bits per heavy atom. The second-order valence-corrected chi connectivity index (χ2v) is 6.56. The van der Waals surface area contributed by atoms with Crippen LogP contribution in [0, 0.1) is 5.82 Å². The number of ether oxygens (including phenoxy) is 1. The van der Waals surface area contributed by atoms with Crippen LogP contribution < -0.4 is 10.1 Å². The first-order valence-corrected chi connectivity index (χ1v) is 9.60. The van der Waals surface area contributed by atoms with Crippen LogP contribution in [0.2, 0.25) is 5.02 Å². The van der Waals surface area contributed by atoms with E-state index in [0.717, 1.165) is 50.5 Å². The quantitative estimate of drug-likeness (QED) is 0.564. The Morgan fingerprint density at radius 3 is 2.58 bits per heavy atom. The molecular formula is C21H28ClFN2O. The molecular weight excluding hydrogens is 351 g/mol. The van der Waals surface area contributed by atoms with Gasteiger partial charge in [-0.25, -0.2) is 4.39 Å². The van der Waals surface area contributed by atoms with Crippen molar-refractivity contribution in [2.45, 2.75) is 33.4 Å². The number of hydrogen-bond donors (Lipinski definition) is 1. The molecule has 0 atom stereocenters. The molecule has 1 N–H and O–H groups in total. The van der Waals surface area contributed by atoms with Crippen molar-refractivity contribution in [1.29, 1.82) is 0 Å². The first kappa shape index (κ1) is 20.7. The summed E-state index contributed by atoms with van der Waals surface area (Å²) in [5.74, 6) is 0.410. The summed E-state index contributed by atoms with van der Waals surface area (Å²) in [6.45, 7) is 9.44. The minimum atomic E-state index is -0.343. The highest BCUT2D eigenvalue weighted by molar-refractivity contribution is 6.31. The van der Waals surface area contributed by atoms with Crippen molar-refractivity contribution in [3.63, 3.8) is 0 Å². The summed E-state index contributed by atoms with van der Waals surface area (Å²) in [5.41, 5.74) is 1.44. The van der Waals surface area contributed by atoms with E-state index in [-0.39, 0.29) is 12.4 Å². The third-order valence-electron chi connectivity index (χ3n) is 4.44. The maximum atomic E-state index is 13.9. The van der Waals surface area contributed by atoms with Gasteiger partial charge < -0.3 is 15.0 Å². The second-order valence-electron chi connectivity index (χ2n) is 6.15. The molecule has 142 valence electrons. The fraction of sp³-hybridized carbons (Fsp3) is 0.429. The molecule has 0 aliphatic rings. The Kier molecular flexibility index (Phi) is 8.89. The van der Waals surface area contributed by atoms with Crippen LogP contribution in [-0.2, 0) is 13.2 Å². The molecule has 0 radical (unpaired) electrons. The van der Waals surface area contributed by atoms with E-state index in [1.54, 1.807) is 12.1 Å². The van der Waals surface area contributed by atoms with Crippen LogP contribution in [0.1, 0.15) is 31.4 Å². The molecule has 0 amide bonds. The van der Waals surface area contributed by atoms with Gasteiger partial charge >= 0.3 is 0 Å². The Hall–Kier alpha value is -1.62. The largest absolute Gasteiger partial charge is 0.488 e. The molecule has 2 aromatic carbocycles. The zero-order valence-electron chi connectivity index (χ0n) is 15.6. The fourth-order valence-corrected chi connectivity index (χ4v) is 3.02. The number of rotatable bonds is 11. The van der Waals surface area contributed by atoms with E-state index in [1.165, 1.54) is 6.07 Å². The Morgan fingerprint density at radius 1 is 1.08 bits per heavy atom. The summed E-state index contributed by atoms with van der Waals surface area (Å²) in [5, 5.41) is 3.85. The molecule has 0 saturated heterocycles. The highest BCUT2D eigenvalue weighted by Crippen LogP contribution is 2.23. The topological polar surface area (TPSA) is 24.5 Å². The molecule has 0 unspecified atom stereocenters. The van der Waals surface area contributed by atoms with Crippen LogP contribution in [0.4, 0.5) is 4.39 Å². The smallest absolute Gasteiger partial charge is 0.131 e. The average molecular weight is 379 g/mol. The number of benzene rings is 2. The lowest BCUT2D eigenvalue weighted by Gasteiger charge is -2.18. The molecule has 0 fully saturated rings. The fourth-order valence-electron chi connectivity index (χ4n) is 2.80. The first-order chi connectivity index (χ1) is 12.7. The van der Waals surface area contributed by atoms with Crippen LogP contribution >= 0.6 is 11.6 Å². The zero-order chi connectivity index (χ0) is 18.8. The second kappa shape index (κ2) is 11.2. The molecule has 0 aromatic heterocycles. The first-order valence-electron chi connectivity index (χ1n) is 9.22. The monoisotopic (exact) mass is 378 g/mol. The van der Waals surface area contributed by atoms with Gasteiger partial charge in [0.05, 0.1) is 5.02 Å². The van der Waals surface area contributed by atoms with Crippen molar-refractivity contribution in [1.82, 2.24) is 10.2 Å². The Bertz CT molecular complexity index is 657. The normalized spacial score (nSPS) is 11.1. The lowest BCUT2D eigenvalue weighted by atomic mass is 10.2. The van der Waals surface area contributed by atoms with Crippen molar-refractivity contribution in [2.75, 3.05) is 26.2 Å². The molecule has 5 heteroatoms. The predicted octanol–water partition coefficient (Wildman–Crippen LogP) is 4.88. The van der Waals surface area contributed by atoms with E-state index < -0.39 is 0 Å². The lowest BCUT2D eigenvalue weighted by Crippen LogP contribution is -2.27. The number of hydrogen-bond acceptors (Lipinski definition) is 3. The van der Waals surface area contributed by atoms with Crippen LogP contribution in [0.15, 0.2) is 42.5 Å². The van der Waals surface area contributed by atoms with Crippen molar-refractivity contribution in [3.05, 3.63) is 64.4 Å². The van der Waals surface area contributed by atoms with Gasteiger partial charge in [-0.2, -0.15) is 0 Å². The molecule has 0 aliphatic carbocycles. The standard InChI is InChI=1S/C21H28ClFN2O/c1-3-25(4-2)14-8-13-24-15-17-9-5-6-12-21(17)26-16-18-19(22)10-7-11-20(18)23/h5-7,9-12,24H,3-4,8,13-16H2,1-2H3. The highest BCUT2D eigenvalue weighted by Gasteiger charge is 2.09. The molecule has 0 aliphatic heterocycles. The highest BCUT2D eigenvalue weighted by atomic mass is 35.5. The number of halogens is 2. The van der Waals surface area contributed by atoms with Gasteiger partial charge in [0.15, 0.2) is 0 Å². The molecule has 0 heterocycles. The van der Waals surface area contributed by atoms with Crippen LogP contribution in [-0.4, -0.2) is 31.1 Å². The van der Waals surface area contributed by atoms with Crippen molar-refractivity contribution in [3.8, 4) is 5.75 Å². The molecule has 0 saturated carbocycles. The van der Waals surface area contributed by atoms with E-state index in [9.17, 15) is 4.39 Å². The number of nitrogens with one attached hydrogen (secondary N) is 1. The maximum absolute atomic E-state index is 13.9. The summed E-state index contributed by atoms with van der Waals surface area (Å²) in [7, 11) is 0. The summed E-state index contributed by atoms with van der Waals surface area (Å²) in [6, 6.07) is 12.5. The third kappa shape index (κ3) is 6.27. The van der Waals surface area contributed by atoms with Gasteiger partial charge in [-0.15, -0.1) is 0 Å². The molecule has 0 spiro atoms. The van der Waals surface area contributed by atoms with Gasteiger partial charge in [-0.05, 0) is 50.8 Å². The summed E-state index contributed by atoms with van der Waals surface area (Å²) < 4.78 is 19.7. The van der Waals surface area contributed by atoms with Gasteiger partial charge in [0.25, 0.3) is 0 Å². The van der Waals surface area contributed by atoms with Gasteiger partial charge in [-0.3, -0.25) is 0 Å². The van der Waals surface area contributed by atoms with E-state index in [4.69, 9.17) is 16.3 Å².